The Morgan fingerprint density at radius 1 is 1.13 bits per heavy atom. The molecule has 0 aliphatic rings. The minimum absolute atomic E-state index is 0.00409. The van der Waals surface area contributed by atoms with Gasteiger partial charge in [0, 0.05) is 17.9 Å². The van der Waals surface area contributed by atoms with Crippen molar-refractivity contribution in [1.82, 2.24) is 4.98 Å². The molecule has 1 N–H and O–H groups in total. The number of sulfone groups is 1. The van der Waals surface area contributed by atoms with E-state index >= 15 is 0 Å². The van der Waals surface area contributed by atoms with Crippen LogP contribution in [-0.4, -0.2) is 25.3 Å². The summed E-state index contributed by atoms with van der Waals surface area (Å²) in [6, 6.07) is 7.41. The molecule has 0 saturated heterocycles. The standard InChI is InChI=1S/C22H15F3N2O3S/c1-22(2,25)7-6-13-15(23)9-17-20(21(13)24)18(28)10-16(27-17)14-8-12(11-26)4-5-19(14)31(3,29)30/h4-5,8-10H,1-3H3,(H,27,28). The third-order valence-corrected chi connectivity index (χ3v) is 5.45. The summed E-state index contributed by atoms with van der Waals surface area (Å²) in [4.78, 5) is 15.1. The van der Waals surface area contributed by atoms with Crippen molar-refractivity contribution in [2.24, 2.45) is 0 Å². The van der Waals surface area contributed by atoms with Gasteiger partial charge in [0.2, 0.25) is 0 Å². The molecule has 0 fully saturated rings. The van der Waals surface area contributed by atoms with E-state index in [0.29, 0.717) is 0 Å². The highest BCUT2D eigenvalue weighted by atomic mass is 32.2. The first-order valence-electron chi connectivity index (χ1n) is 8.83. The third kappa shape index (κ3) is 4.47. The summed E-state index contributed by atoms with van der Waals surface area (Å²) < 4.78 is 67.2. The molecular formula is C22H15F3N2O3S. The zero-order valence-corrected chi connectivity index (χ0v) is 17.4. The molecule has 0 aliphatic heterocycles. The summed E-state index contributed by atoms with van der Waals surface area (Å²) in [6.45, 7) is 2.23. The number of hydrogen-bond acceptors (Lipinski definition) is 4. The van der Waals surface area contributed by atoms with Gasteiger partial charge in [-0.1, -0.05) is 11.8 Å². The molecule has 3 aromatic rings. The lowest BCUT2D eigenvalue weighted by Gasteiger charge is -2.11. The minimum atomic E-state index is -3.75. The number of rotatable bonds is 2. The van der Waals surface area contributed by atoms with Crippen molar-refractivity contribution in [1.29, 1.82) is 5.26 Å². The number of alkyl halides is 1. The van der Waals surface area contributed by atoms with E-state index in [4.69, 9.17) is 5.26 Å². The molecule has 0 unspecified atom stereocenters. The predicted molar refractivity (Wildman–Crippen MR) is 110 cm³/mol. The number of pyridine rings is 1. The van der Waals surface area contributed by atoms with Gasteiger partial charge in [0.15, 0.2) is 26.8 Å². The molecule has 3 rings (SSSR count). The van der Waals surface area contributed by atoms with Gasteiger partial charge in [-0.15, -0.1) is 0 Å². The second-order valence-corrected chi connectivity index (χ2v) is 9.32. The molecule has 0 radical (unpaired) electrons. The van der Waals surface area contributed by atoms with E-state index in [1.807, 2.05) is 6.07 Å². The summed E-state index contributed by atoms with van der Waals surface area (Å²) in [6.07, 6.45) is 0.952. The maximum absolute atomic E-state index is 14.9. The fourth-order valence-corrected chi connectivity index (χ4v) is 3.83. The number of aromatic nitrogens is 1. The van der Waals surface area contributed by atoms with E-state index < -0.39 is 43.5 Å². The lowest BCUT2D eigenvalue weighted by atomic mass is 10.0. The van der Waals surface area contributed by atoms with Crippen LogP contribution in [0.25, 0.3) is 22.2 Å². The molecule has 9 heteroatoms. The number of nitrogens with one attached hydrogen (secondary N) is 1. The molecule has 0 bridgehead atoms. The van der Waals surface area contributed by atoms with Gasteiger partial charge in [-0.05, 0) is 38.1 Å². The van der Waals surface area contributed by atoms with Crippen LogP contribution in [0, 0.1) is 34.8 Å². The number of benzene rings is 2. The molecular weight excluding hydrogens is 429 g/mol. The Labute approximate surface area is 176 Å². The highest BCUT2D eigenvalue weighted by Crippen LogP contribution is 2.29. The second kappa shape index (κ2) is 7.60. The quantitative estimate of drug-likeness (QED) is 0.608. The van der Waals surface area contributed by atoms with Crippen molar-refractivity contribution in [3.63, 3.8) is 0 Å². The monoisotopic (exact) mass is 444 g/mol. The van der Waals surface area contributed by atoms with Gasteiger partial charge in [0.05, 0.1) is 38.7 Å². The van der Waals surface area contributed by atoms with Gasteiger partial charge in [-0.25, -0.2) is 21.6 Å². The zero-order chi connectivity index (χ0) is 23.1. The lowest BCUT2D eigenvalue weighted by Crippen LogP contribution is -2.10. The molecule has 1 heterocycles. The number of aromatic amines is 1. The van der Waals surface area contributed by atoms with Crippen LogP contribution in [-0.2, 0) is 9.84 Å². The number of nitriles is 1. The van der Waals surface area contributed by atoms with E-state index in [2.05, 4.69) is 16.8 Å². The number of halogens is 3. The van der Waals surface area contributed by atoms with Gasteiger partial charge < -0.3 is 4.98 Å². The highest BCUT2D eigenvalue weighted by molar-refractivity contribution is 7.90. The molecule has 31 heavy (non-hydrogen) atoms. The normalized spacial score (nSPS) is 11.6. The summed E-state index contributed by atoms with van der Waals surface area (Å²) in [7, 11) is -3.75. The van der Waals surface area contributed by atoms with Gasteiger partial charge in [-0.2, -0.15) is 5.26 Å². The van der Waals surface area contributed by atoms with Crippen molar-refractivity contribution >= 4 is 20.7 Å². The molecule has 2 aromatic carbocycles. The lowest BCUT2D eigenvalue weighted by molar-refractivity contribution is 0.301. The number of nitrogens with zero attached hydrogens (tertiary/aromatic N) is 1. The van der Waals surface area contributed by atoms with Crippen molar-refractivity contribution < 1.29 is 21.6 Å². The SMILES string of the molecule is CC(C)(F)C#Cc1c(F)cc2[nH]c(-c3cc(C#N)ccc3S(C)(=O)=O)cc(=O)c2c1F. The number of hydrogen-bond donors (Lipinski definition) is 1. The zero-order valence-electron chi connectivity index (χ0n) is 16.6. The van der Waals surface area contributed by atoms with Crippen LogP contribution in [0.4, 0.5) is 13.2 Å². The van der Waals surface area contributed by atoms with Gasteiger partial charge in [0.1, 0.15) is 5.82 Å². The molecule has 1 aromatic heterocycles. The first-order valence-corrected chi connectivity index (χ1v) is 10.7. The first kappa shape index (κ1) is 22.1. The van der Waals surface area contributed by atoms with E-state index in [0.717, 1.165) is 32.2 Å². The van der Waals surface area contributed by atoms with Gasteiger partial charge in [0.25, 0.3) is 0 Å². The topological polar surface area (TPSA) is 90.8 Å². The maximum atomic E-state index is 14.9. The second-order valence-electron chi connectivity index (χ2n) is 7.33. The highest BCUT2D eigenvalue weighted by Gasteiger charge is 2.20. The van der Waals surface area contributed by atoms with Crippen LogP contribution >= 0.6 is 0 Å². The van der Waals surface area contributed by atoms with Crippen molar-refractivity contribution in [3.05, 3.63) is 63.3 Å². The Morgan fingerprint density at radius 3 is 2.39 bits per heavy atom. The number of H-pyrrole nitrogens is 1. The Balaban J connectivity index is 2.35. The average molecular weight is 444 g/mol. The predicted octanol–water partition coefficient (Wildman–Crippen LogP) is 3.85. The molecule has 0 amide bonds. The Kier molecular flexibility index (Phi) is 5.43. The van der Waals surface area contributed by atoms with Crippen LogP contribution in [0.3, 0.4) is 0 Å². The van der Waals surface area contributed by atoms with Crippen LogP contribution in [0.15, 0.2) is 40.0 Å². The molecule has 5 nitrogen and oxygen atoms in total. The van der Waals surface area contributed by atoms with Crippen LogP contribution in [0.2, 0.25) is 0 Å². The molecule has 0 spiro atoms. The Bertz CT molecular complexity index is 1500. The fraction of sp³-hybridized carbons (Fsp3) is 0.182. The van der Waals surface area contributed by atoms with E-state index in [-0.39, 0.29) is 27.2 Å². The van der Waals surface area contributed by atoms with E-state index in [1.165, 1.54) is 18.2 Å². The summed E-state index contributed by atoms with van der Waals surface area (Å²) in [5.74, 6) is 1.78. The van der Waals surface area contributed by atoms with Crippen LogP contribution in [0.5, 0.6) is 0 Å². The number of fused-ring (bicyclic) bond motifs is 1. The molecule has 158 valence electrons. The summed E-state index contributed by atoms with van der Waals surface area (Å²) >= 11 is 0. The van der Waals surface area contributed by atoms with E-state index in [9.17, 15) is 26.4 Å². The first-order chi connectivity index (χ1) is 14.3. The molecule has 0 aliphatic carbocycles. The maximum Gasteiger partial charge on any atom is 0.193 e. The minimum Gasteiger partial charge on any atom is -0.354 e. The molecule has 0 saturated carbocycles. The van der Waals surface area contributed by atoms with E-state index in [1.54, 1.807) is 0 Å². The third-order valence-electron chi connectivity index (χ3n) is 4.29. The van der Waals surface area contributed by atoms with Gasteiger partial charge >= 0.3 is 0 Å². The summed E-state index contributed by atoms with van der Waals surface area (Å²) in [5.41, 5.74) is -3.78. The molecule has 0 atom stereocenters. The largest absolute Gasteiger partial charge is 0.354 e. The Morgan fingerprint density at radius 2 is 1.81 bits per heavy atom. The van der Waals surface area contributed by atoms with Crippen molar-refractivity contribution in [2.45, 2.75) is 24.4 Å². The Hall–Kier alpha value is -3.56. The fourth-order valence-electron chi connectivity index (χ4n) is 2.95. The summed E-state index contributed by atoms with van der Waals surface area (Å²) in [5, 5.41) is 8.62. The van der Waals surface area contributed by atoms with Crippen molar-refractivity contribution in [3.8, 4) is 29.2 Å². The smallest absolute Gasteiger partial charge is 0.193 e. The van der Waals surface area contributed by atoms with Gasteiger partial charge in [-0.3, -0.25) is 4.79 Å². The average Bonchev–Trinajstić information content (AvgIpc) is 2.65. The van der Waals surface area contributed by atoms with Crippen LogP contribution < -0.4 is 5.43 Å². The van der Waals surface area contributed by atoms with Crippen molar-refractivity contribution in [2.75, 3.05) is 6.26 Å². The van der Waals surface area contributed by atoms with Crippen LogP contribution in [0.1, 0.15) is 25.0 Å².